The van der Waals surface area contributed by atoms with Crippen LogP contribution in [-0.2, 0) is 16.1 Å². The maximum absolute atomic E-state index is 12.5. The minimum absolute atomic E-state index is 0.0216. The van der Waals surface area contributed by atoms with Gasteiger partial charge in [-0.2, -0.15) is 0 Å². The Bertz CT molecular complexity index is 621. The summed E-state index contributed by atoms with van der Waals surface area (Å²) in [6.07, 6.45) is 0. The molecule has 1 aliphatic rings. The Morgan fingerprint density at radius 1 is 1.27 bits per heavy atom. The summed E-state index contributed by atoms with van der Waals surface area (Å²) in [7, 11) is 1.89. The second-order valence-corrected chi connectivity index (χ2v) is 9.92. The van der Waals surface area contributed by atoms with Crippen LogP contribution in [0.3, 0.4) is 0 Å². The molecule has 3 N–H and O–H groups in total. The number of piperazine rings is 1. The molecule has 6 nitrogen and oxygen atoms in total. The molecule has 2 heterocycles. The fourth-order valence-corrected chi connectivity index (χ4v) is 4.27. The molecule has 0 aromatic carbocycles. The van der Waals surface area contributed by atoms with E-state index < -0.39 is 0 Å². The minimum Gasteiger partial charge on any atom is -0.347 e. The maximum atomic E-state index is 12.5. The van der Waals surface area contributed by atoms with Crippen molar-refractivity contribution >= 4 is 34.8 Å². The summed E-state index contributed by atoms with van der Waals surface area (Å²) in [6.45, 7) is 10.9. The van der Waals surface area contributed by atoms with Crippen LogP contribution in [0.25, 0.3) is 0 Å². The quantitative estimate of drug-likeness (QED) is 0.575. The van der Waals surface area contributed by atoms with Crippen LogP contribution in [0, 0.1) is 0 Å². The predicted molar refractivity (Wildman–Crippen MR) is 105 cm³/mol. The van der Waals surface area contributed by atoms with Crippen molar-refractivity contribution in [2.75, 3.05) is 46.3 Å². The van der Waals surface area contributed by atoms with Crippen molar-refractivity contribution in [3.63, 3.8) is 0 Å². The van der Waals surface area contributed by atoms with Crippen LogP contribution >= 0.6 is 22.9 Å². The first kappa shape index (κ1) is 21.2. The van der Waals surface area contributed by atoms with Crippen LogP contribution in [0.1, 0.15) is 25.6 Å². The maximum Gasteiger partial charge on any atom is 0.278 e. The second kappa shape index (κ2) is 9.17. The third-order valence-corrected chi connectivity index (χ3v) is 5.54. The van der Waals surface area contributed by atoms with Gasteiger partial charge in [0.15, 0.2) is 13.1 Å². The fourth-order valence-electron chi connectivity index (χ4n) is 3.11. The molecule has 1 aromatic heterocycles. The number of nitrogens with zero attached hydrogens (tertiary/aromatic N) is 1. The summed E-state index contributed by atoms with van der Waals surface area (Å²) in [6, 6.07) is 4.02. The third kappa shape index (κ3) is 7.23. The molecule has 1 aromatic rings. The Labute approximate surface area is 165 Å². The van der Waals surface area contributed by atoms with Gasteiger partial charge in [-0.25, -0.2) is 0 Å². The number of nitrogens with one attached hydrogen (secondary N) is 3. The Balaban J connectivity index is 1.71. The van der Waals surface area contributed by atoms with Crippen molar-refractivity contribution < 1.29 is 19.4 Å². The summed E-state index contributed by atoms with van der Waals surface area (Å²) in [4.78, 5) is 30.1. The average Bonchev–Trinajstić information content (AvgIpc) is 2.90. The summed E-state index contributed by atoms with van der Waals surface area (Å²) in [5.74, 6) is 0.107. The van der Waals surface area contributed by atoms with Gasteiger partial charge in [0, 0.05) is 5.54 Å². The molecule has 1 saturated heterocycles. The van der Waals surface area contributed by atoms with E-state index in [1.54, 1.807) is 11.3 Å². The van der Waals surface area contributed by atoms with Crippen LogP contribution in [0.15, 0.2) is 12.1 Å². The largest absolute Gasteiger partial charge is 0.347 e. The standard InChI is InChI=1S/C18H29ClN4O2S/c1-18(2,3)20-16(24)12-21(4)13-17(25)23-9-7-22(8-10-23)11-14-5-6-15(19)26-14/h5-6H,7-13H2,1-4H3,(H,20,24)/p+2. The molecular weight excluding hydrogens is 372 g/mol. The molecule has 1 unspecified atom stereocenters. The number of rotatable bonds is 6. The Morgan fingerprint density at radius 2 is 1.92 bits per heavy atom. The van der Waals surface area contributed by atoms with Crippen LogP contribution in [0.4, 0.5) is 0 Å². The van der Waals surface area contributed by atoms with Crippen molar-refractivity contribution in [3.8, 4) is 0 Å². The highest BCUT2D eigenvalue weighted by Crippen LogP contribution is 2.20. The molecule has 0 radical (unpaired) electrons. The Kier molecular flexibility index (Phi) is 7.46. The topological polar surface area (TPSA) is 58.3 Å². The van der Waals surface area contributed by atoms with Gasteiger partial charge in [0.25, 0.3) is 11.8 Å². The number of hydrogen-bond donors (Lipinski definition) is 3. The molecule has 146 valence electrons. The molecule has 1 aliphatic heterocycles. The van der Waals surface area contributed by atoms with Crippen LogP contribution in [0.5, 0.6) is 0 Å². The van der Waals surface area contributed by atoms with E-state index in [1.165, 1.54) is 9.78 Å². The number of carbonyl (C=O) groups excluding carboxylic acids is 2. The highest BCUT2D eigenvalue weighted by Gasteiger charge is 2.26. The Hall–Kier alpha value is -1.15. The van der Waals surface area contributed by atoms with Gasteiger partial charge < -0.3 is 20.0 Å². The first-order valence-electron chi connectivity index (χ1n) is 9.10. The minimum atomic E-state index is -0.243. The van der Waals surface area contributed by atoms with E-state index in [1.807, 2.05) is 38.8 Å². The molecule has 0 spiro atoms. The number of quaternary nitrogens is 2. The zero-order chi connectivity index (χ0) is 19.3. The molecule has 2 rings (SSSR count). The smallest absolute Gasteiger partial charge is 0.278 e. The van der Waals surface area contributed by atoms with E-state index in [0.717, 1.165) is 42.0 Å². The van der Waals surface area contributed by atoms with E-state index >= 15 is 0 Å². The molecule has 0 bridgehead atoms. The van der Waals surface area contributed by atoms with E-state index in [4.69, 9.17) is 11.6 Å². The zero-order valence-electron chi connectivity index (χ0n) is 16.2. The van der Waals surface area contributed by atoms with Crippen molar-refractivity contribution in [3.05, 3.63) is 21.3 Å². The van der Waals surface area contributed by atoms with Gasteiger partial charge >= 0.3 is 0 Å². The summed E-state index contributed by atoms with van der Waals surface area (Å²) in [5.41, 5.74) is -0.243. The predicted octanol–water partition coefficient (Wildman–Crippen LogP) is -0.942. The van der Waals surface area contributed by atoms with E-state index in [0.29, 0.717) is 13.1 Å². The summed E-state index contributed by atoms with van der Waals surface area (Å²) >= 11 is 7.62. The molecule has 2 amide bonds. The lowest BCUT2D eigenvalue weighted by Crippen LogP contribution is -3.14. The number of halogens is 1. The summed E-state index contributed by atoms with van der Waals surface area (Å²) < 4.78 is 0.828. The lowest BCUT2D eigenvalue weighted by atomic mass is 10.1. The lowest BCUT2D eigenvalue weighted by Gasteiger charge is -2.32. The zero-order valence-corrected chi connectivity index (χ0v) is 17.7. The van der Waals surface area contributed by atoms with Gasteiger partial charge in [0.05, 0.1) is 42.4 Å². The SMILES string of the molecule is C[NH+](CC(=O)NC(C)(C)C)CC(=O)N1CC[NH+](Cc2ccc(Cl)s2)CC1. The number of amides is 2. The first-order chi connectivity index (χ1) is 12.1. The monoisotopic (exact) mass is 402 g/mol. The van der Waals surface area contributed by atoms with Gasteiger partial charge in [-0.3, -0.25) is 9.59 Å². The molecule has 0 aliphatic carbocycles. The number of hydrogen-bond acceptors (Lipinski definition) is 3. The van der Waals surface area contributed by atoms with Crippen LogP contribution in [-0.4, -0.2) is 68.6 Å². The molecule has 1 atom stereocenters. The van der Waals surface area contributed by atoms with Gasteiger partial charge in [0.1, 0.15) is 6.54 Å². The molecule has 8 heteroatoms. The van der Waals surface area contributed by atoms with E-state index in [-0.39, 0.29) is 17.4 Å². The summed E-state index contributed by atoms with van der Waals surface area (Å²) in [5, 5.41) is 2.94. The fraction of sp³-hybridized carbons (Fsp3) is 0.667. The van der Waals surface area contributed by atoms with Crippen LogP contribution in [0.2, 0.25) is 4.34 Å². The molecular formula is C18H31ClN4O2S+2. The lowest BCUT2D eigenvalue weighted by molar-refractivity contribution is -0.917. The normalized spacial score (nSPS) is 17.2. The molecule has 26 heavy (non-hydrogen) atoms. The highest BCUT2D eigenvalue weighted by atomic mass is 35.5. The molecule has 1 fully saturated rings. The van der Waals surface area contributed by atoms with Gasteiger partial charge in [-0.1, -0.05) is 11.6 Å². The van der Waals surface area contributed by atoms with Crippen molar-refractivity contribution in [2.45, 2.75) is 32.9 Å². The molecule has 0 saturated carbocycles. The highest BCUT2D eigenvalue weighted by molar-refractivity contribution is 7.16. The Morgan fingerprint density at radius 3 is 2.46 bits per heavy atom. The van der Waals surface area contributed by atoms with Crippen LogP contribution < -0.4 is 15.1 Å². The number of likely N-dealkylation sites (N-methyl/N-ethyl adjacent to an activating group) is 1. The third-order valence-electron chi connectivity index (χ3n) is 4.31. The van der Waals surface area contributed by atoms with Gasteiger partial charge in [-0.15, -0.1) is 11.3 Å². The van der Waals surface area contributed by atoms with Gasteiger partial charge in [0.2, 0.25) is 0 Å². The van der Waals surface area contributed by atoms with Crippen molar-refractivity contribution in [1.29, 1.82) is 0 Å². The first-order valence-corrected chi connectivity index (χ1v) is 10.3. The van der Waals surface area contributed by atoms with Crippen molar-refractivity contribution in [2.24, 2.45) is 0 Å². The number of thiophene rings is 1. The second-order valence-electron chi connectivity index (χ2n) is 8.12. The number of carbonyl (C=O) groups is 2. The van der Waals surface area contributed by atoms with Gasteiger partial charge in [-0.05, 0) is 32.9 Å². The van der Waals surface area contributed by atoms with E-state index in [9.17, 15) is 9.59 Å². The average molecular weight is 403 g/mol. The van der Waals surface area contributed by atoms with E-state index in [2.05, 4.69) is 11.4 Å². The van der Waals surface area contributed by atoms with Crippen molar-refractivity contribution in [1.82, 2.24) is 10.2 Å².